The van der Waals surface area contributed by atoms with Gasteiger partial charge >= 0.3 is 0 Å². The van der Waals surface area contributed by atoms with Gasteiger partial charge in [-0.25, -0.2) is 4.99 Å². The molecule has 0 spiro atoms. The minimum absolute atomic E-state index is 0.0631. The molecule has 0 aliphatic carbocycles. The first-order chi connectivity index (χ1) is 11.1. The highest BCUT2D eigenvalue weighted by molar-refractivity contribution is 5.78. The molecule has 0 bridgehead atoms. The van der Waals surface area contributed by atoms with Crippen molar-refractivity contribution < 1.29 is 4.79 Å². The van der Waals surface area contributed by atoms with Gasteiger partial charge in [0.25, 0.3) is 0 Å². The molecule has 1 fully saturated rings. The number of nitrogens with one attached hydrogen (secondary N) is 1. The molecule has 7 nitrogen and oxygen atoms in total. The van der Waals surface area contributed by atoms with Gasteiger partial charge in [-0.3, -0.25) is 4.79 Å². The topological polar surface area (TPSA) is 97.8 Å². The zero-order valence-corrected chi connectivity index (χ0v) is 13.7. The first kappa shape index (κ1) is 16.9. The lowest BCUT2D eigenvalue weighted by atomic mass is 9.92. The molecule has 2 aliphatic heterocycles. The number of nitrogens with two attached hydrogens (primary N) is 1. The number of likely N-dealkylation sites (tertiary alicyclic amines) is 1. The molecule has 0 radical (unpaired) electrons. The van der Waals surface area contributed by atoms with Gasteiger partial charge in [0.2, 0.25) is 5.91 Å². The first-order valence-corrected chi connectivity index (χ1v) is 7.83. The number of hydrogen-bond acceptors (Lipinski definition) is 5. The third-order valence-corrected chi connectivity index (χ3v) is 4.51. The average Bonchev–Trinajstić information content (AvgIpc) is 3.06. The third kappa shape index (κ3) is 3.83. The van der Waals surface area contributed by atoms with Gasteiger partial charge in [0.15, 0.2) is 0 Å². The number of likely N-dealkylation sites (N-methyl/N-ethyl adjacent to an activating group) is 1. The minimum atomic E-state index is -0.100. The minimum Gasteiger partial charge on any atom is -0.390 e. The van der Waals surface area contributed by atoms with E-state index >= 15 is 0 Å². The molecular weight excluding hydrogens is 292 g/mol. The van der Waals surface area contributed by atoms with E-state index in [0.29, 0.717) is 19.0 Å². The first-order valence-electron chi connectivity index (χ1n) is 7.83. The van der Waals surface area contributed by atoms with Crippen molar-refractivity contribution in [2.45, 2.75) is 25.8 Å². The smallest absolute Gasteiger partial charge is 0.236 e. The van der Waals surface area contributed by atoms with Gasteiger partial charge in [0, 0.05) is 32.3 Å². The lowest BCUT2D eigenvalue weighted by Crippen LogP contribution is -2.52. The Bertz CT molecular complexity index is 574. The number of hydrogen-bond donors (Lipinski definition) is 2. The molecule has 0 aromatic heterocycles. The molecular formula is C16H24N6O. The summed E-state index contributed by atoms with van der Waals surface area (Å²) in [5.41, 5.74) is 6.59. The summed E-state index contributed by atoms with van der Waals surface area (Å²) in [6.07, 6.45) is 6.03. The van der Waals surface area contributed by atoms with Gasteiger partial charge in [-0.05, 0) is 24.6 Å². The molecule has 0 aromatic rings. The Kier molecular flexibility index (Phi) is 5.63. The van der Waals surface area contributed by atoms with Crippen LogP contribution in [0, 0.1) is 17.2 Å². The highest BCUT2D eigenvalue weighted by Crippen LogP contribution is 2.26. The molecule has 3 N–H and O–H groups in total. The van der Waals surface area contributed by atoms with Crippen LogP contribution in [0.2, 0.25) is 0 Å². The summed E-state index contributed by atoms with van der Waals surface area (Å²) in [6.45, 7) is 4.21. The second-order valence-electron chi connectivity index (χ2n) is 5.96. The standard InChI is InChI=1S/C16H24N6O/c1-12-5-8-22(15(23)3-6-17)10-14(12)21(2)16(20-11-18)13-4-7-19-9-13/h4,7,11-12,14,19H,3,5,8-10H2,1-2H3,(H2,18,20)/b16-13+. The second kappa shape index (κ2) is 7.68. The van der Waals surface area contributed by atoms with Crippen LogP contribution in [0.1, 0.15) is 19.8 Å². The van der Waals surface area contributed by atoms with Crippen LogP contribution in [0.4, 0.5) is 0 Å². The van der Waals surface area contributed by atoms with Crippen molar-refractivity contribution in [2.24, 2.45) is 16.6 Å². The summed E-state index contributed by atoms with van der Waals surface area (Å²) < 4.78 is 0. The zero-order valence-electron chi connectivity index (χ0n) is 13.7. The number of piperidine rings is 1. The van der Waals surface area contributed by atoms with Crippen LogP contribution in [-0.2, 0) is 4.79 Å². The monoisotopic (exact) mass is 316 g/mol. The van der Waals surface area contributed by atoms with Gasteiger partial charge in [0.1, 0.15) is 12.2 Å². The van der Waals surface area contributed by atoms with E-state index in [2.05, 4.69) is 22.1 Å². The maximum Gasteiger partial charge on any atom is 0.236 e. The fraction of sp³-hybridized carbons (Fsp3) is 0.562. The van der Waals surface area contributed by atoms with Crippen molar-refractivity contribution in [1.82, 2.24) is 15.1 Å². The zero-order chi connectivity index (χ0) is 16.8. The normalized spacial score (nSPS) is 26.0. The van der Waals surface area contributed by atoms with Gasteiger partial charge < -0.3 is 20.9 Å². The van der Waals surface area contributed by atoms with E-state index in [4.69, 9.17) is 11.0 Å². The van der Waals surface area contributed by atoms with E-state index < -0.39 is 0 Å². The van der Waals surface area contributed by atoms with E-state index in [1.54, 1.807) is 4.90 Å². The Hall–Kier alpha value is -2.49. The predicted octanol–water partition coefficient (Wildman–Crippen LogP) is 0.384. The molecule has 2 heterocycles. The fourth-order valence-electron chi connectivity index (χ4n) is 3.13. The van der Waals surface area contributed by atoms with Crippen molar-refractivity contribution in [3.63, 3.8) is 0 Å². The Balaban J connectivity index is 2.19. The number of amides is 1. The number of carbonyl (C=O) groups is 1. The summed E-state index contributed by atoms with van der Waals surface area (Å²) in [4.78, 5) is 20.2. The molecule has 23 heavy (non-hydrogen) atoms. The van der Waals surface area contributed by atoms with E-state index in [1.807, 2.05) is 25.4 Å². The van der Waals surface area contributed by atoms with Gasteiger partial charge in [-0.1, -0.05) is 6.92 Å². The number of carbonyl (C=O) groups excluding carboxylic acids is 1. The van der Waals surface area contributed by atoms with Crippen molar-refractivity contribution in [3.05, 3.63) is 23.7 Å². The second-order valence-corrected chi connectivity index (χ2v) is 5.96. The van der Waals surface area contributed by atoms with Crippen LogP contribution >= 0.6 is 0 Å². The van der Waals surface area contributed by atoms with Crippen molar-refractivity contribution >= 4 is 12.2 Å². The summed E-state index contributed by atoms with van der Waals surface area (Å²) in [5.74, 6) is 1.14. The average molecular weight is 316 g/mol. The number of nitrogens with zero attached hydrogens (tertiary/aromatic N) is 4. The Morgan fingerprint density at radius 3 is 3.09 bits per heavy atom. The lowest BCUT2D eigenvalue weighted by Gasteiger charge is -2.42. The number of nitriles is 1. The molecule has 2 aliphatic rings. The lowest BCUT2D eigenvalue weighted by molar-refractivity contribution is -0.132. The number of aliphatic imine (C=N–C) groups is 1. The predicted molar refractivity (Wildman–Crippen MR) is 89.0 cm³/mol. The summed E-state index contributed by atoms with van der Waals surface area (Å²) in [6, 6.07) is 2.08. The summed E-state index contributed by atoms with van der Waals surface area (Å²) in [7, 11) is 1.99. The Morgan fingerprint density at radius 1 is 1.70 bits per heavy atom. The van der Waals surface area contributed by atoms with Gasteiger partial charge in [0.05, 0.1) is 18.4 Å². The summed E-state index contributed by atoms with van der Waals surface area (Å²) in [5, 5.41) is 11.9. The van der Waals surface area contributed by atoms with Crippen molar-refractivity contribution in [3.8, 4) is 6.07 Å². The number of rotatable bonds is 4. The highest BCUT2D eigenvalue weighted by Gasteiger charge is 2.32. The van der Waals surface area contributed by atoms with Gasteiger partial charge in [-0.2, -0.15) is 5.26 Å². The van der Waals surface area contributed by atoms with Gasteiger partial charge in [-0.15, -0.1) is 0 Å². The highest BCUT2D eigenvalue weighted by atomic mass is 16.2. The van der Waals surface area contributed by atoms with E-state index in [1.165, 1.54) is 6.34 Å². The van der Waals surface area contributed by atoms with Crippen LogP contribution in [0.15, 0.2) is 28.7 Å². The molecule has 7 heteroatoms. The van der Waals surface area contributed by atoms with E-state index in [9.17, 15) is 4.79 Å². The quantitative estimate of drug-likeness (QED) is 0.577. The molecule has 2 unspecified atom stereocenters. The molecule has 0 aromatic carbocycles. The van der Waals surface area contributed by atoms with Crippen LogP contribution in [-0.4, -0.2) is 54.8 Å². The molecule has 1 amide bonds. The van der Waals surface area contributed by atoms with Crippen LogP contribution in [0.5, 0.6) is 0 Å². The van der Waals surface area contributed by atoms with E-state index in [-0.39, 0.29) is 18.4 Å². The molecule has 124 valence electrons. The van der Waals surface area contributed by atoms with Crippen LogP contribution in [0.3, 0.4) is 0 Å². The SMILES string of the molecule is CC1CCN(C(=O)CC#N)CC1N(C)C(/N=C\N)=C1\C=CNC1. The fourth-order valence-corrected chi connectivity index (χ4v) is 3.13. The van der Waals surface area contributed by atoms with Crippen molar-refractivity contribution in [2.75, 3.05) is 26.7 Å². The Morgan fingerprint density at radius 2 is 2.48 bits per heavy atom. The molecule has 0 saturated carbocycles. The van der Waals surface area contributed by atoms with Crippen molar-refractivity contribution in [1.29, 1.82) is 5.26 Å². The third-order valence-electron chi connectivity index (χ3n) is 4.51. The maximum atomic E-state index is 12.0. The molecule has 1 saturated heterocycles. The van der Waals surface area contributed by atoms with Crippen LogP contribution in [0.25, 0.3) is 0 Å². The largest absolute Gasteiger partial charge is 0.390 e. The van der Waals surface area contributed by atoms with E-state index in [0.717, 1.165) is 24.4 Å². The van der Waals surface area contributed by atoms with Crippen LogP contribution < -0.4 is 11.1 Å². The summed E-state index contributed by atoms with van der Waals surface area (Å²) >= 11 is 0. The molecule has 2 atom stereocenters. The maximum absolute atomic E-state index is 12.0. The molecule has 2 rings (SSSR count). The Labute approximate surface area is 137 Å².